The second-order valence-corrected chi connectivity index (χ2v) is 6.99. The van der Waals surface area contributed by atoms with E-state index < -0.39 is 15.8 Å². The molecule has 21 heavy (non-hydrogen) atoms. The molecule has 0 atom stereocenters. The first-order valence-corrected chi connectivity index (χ1v) is 8.67. The predicted molar refractivity (Wildman–Crippen MR) is 80.0 cm³/mol. The van der Waals surface area contributed by atoms with E-state index in [1.165, 1.54) is 30.4 Å². The molecule has 1 aromatic heterocycles. The lowest BCUT2D eigenvalue weighted by molar-refractivity contribution is 0.572. The Kier molecular flexibility index (Phi) is 5.04. The fraction of sp³-hybridized carbons (Fsp3) is 0.308. The molecule has 0 fully saturated rings. The third-order valence-corrected chi connectivity index (χ3v) is 5.12. The summed E-state index contributed by atoms with van der Waals surface area (Å²) in [7, 11) is -2.07. The highest BCUT2D eigenvalue weighted by molar-refractivity contribution is 7.89. The first kappa shape index (κ1) is 16.0. The summed E-state index contributed by atoms with van der Waals surface area (Å²) < 4.78 is 41.0. The van der Waals surface area contributed by atoms with Crippen molar-refractivity contribution < 1.29 is 12.8 Å². The third kappa shape index (κ3) is 3.85. The summed E-state index contributed by atoms with van der Waals surface area (Å²) in [6.07, 6.45) is 0. The van der Waals surface area contributed by atoms with Gasteiger partial charge in [0.1, 0.15) is 5.82 Å². The minimum absolute atomic E-state index is 0.0389. The number of benzene rings is 1. The van der Waals surface area contributed by atoms with E-state index in [0.29, 0.717) is 17.8 Å². The molecule has 0 radical (unpaired) electrons. The molecule has 2 aromatic rings. The van der Waals surface area contributed by atoms with Crippen molar-refractivity contribution in [3.63, 3.8) is 0 Å². The van der Waals surface area contributed by atoms with Crippen LogP contribution in [0.5, 0.6) is 0 Å². The monoisotopic (exact) mass is 329 g/mol. The van der Waals surface area contributed by atoms with E-state index in [1.807, 2.05) is 0 Å². The first-order valence-electron chi connectivity index (χ1n) is 6.24. The zero-order valence-electron chi connectivity index (χ0n) is 11.7. The van der Waals surface area contributed by atoms with E-state index in [0.717, 1.165) is 0 Å². The van der Waals surface area contributed by atoms with Crippen LogP contribution in [0.15, 0.2) is 27.9 Å². The smallest absolute Gasteiger partial charge is 0.241 e. The molecule has 0 aliphatic heterocycles. The molecule has 114 valence electrons. The topological polar surface area (TPSA) is 71.1 Å². The van der Waals surface area contributed by atoms with Gasteiger partial charge < -0.3 is 5.32 Å². The van der Waals surface area contributed by atoms with Gasteiger partial charge in [0.15, 0.2) is 0 Å². The molecule has 5 nitrogen and oxygen atoms in total. The van der Waals surface area contributed by atoms with Gasteiger partial charge in [0.2, 0.25) is 10.0 Å². The maximum Gasteiger partial charge on any atom is 0.241 e. The van der Waals surface area contributed by atoms with Crippen molar-refractivity contribution in [2.24, 2.45) is 0 Å². The molecule has 0 saturated carbocycles. The van der Waals surface area contributed by atoms with Crippen molar-refractivity contribution in [1.29, 1.82) is 0 Å². The quantitative estimate of drug-likeness (QED) is 0.847. The average Bonchev–Trinajstić information content (AvgIpc) is 2.94. The fourth-order valence-electron chi connectivity index (χ4n) is 1.86. The van der Waals surface area contributed by atoms with Gasteiger partial charge in [-0.15, -0.1) is 11.3 Å². The Balaban J connectivity index is 2.30. The number of sulfonamides is 1. The lowest BCUT2D eigenvalue weighted by Crippen LogP contribution is -2.25. The minimum Gasteiger partial charge on any atom is -0.316 e. The number of hydrogen-bond donors (Lipinski definition) is 2. The van der Waals surface area contributed by atoms with Gasteiger partial charge >= 0.3 is 0 Å². The van der Waals surface area contributed by atoms with Crippen molar-refractivity contribution in [3.8, 4) is 0 Å². The maximum atomic E-state index is 13.9. The Morgan fingerprint density at radius 1 is 1.33 bits per heavy atom. The number of hydrogen-bond acceptors (Lipinski definition) is 5. The van der Waals surface area contributed by atoms with Gasteiger partial charge in [-0.1, -0.05) is 0 Å². The van der Waals surface area contributed by atoms with Gasteiger partial charge in [-0.3, -0.25) is 0 Å². The molecule has 0 amide bonds. The number of nitrogens with zero attached hydrogens (tertiary/aromatic N) is 1. The van der Waals surface area contributed by atoms with Crippen LogP contribution in [-0.4, -0.2) is 20.4 Å². The Hall–Kier alpha value is -1.35. The SMILES string of the molecule is CNCc1cc(F)c(C)c(S(=O)(=O)NCc2cscn2)c1. The molecule has 0 aliphatic rings. The third-order valence-electron chi connectivity index (χ3n) is 2.95. The van der Waals surface area contributed by atoms with Gasteiger partial charge in [0.25, 0.3) is 0 Å². The lowest BCUT2D eigenvalue weighted by Gasteiger charge is -2.11. The van der Waals surface area contributed by atoms with Crippen LogP contribution in [0.2, 0.25) is 0 Å². The maximum absolute atomic E-state index is 13.9. The van der Waals surface area contributed by atoms with Crippen LogP contribution in [-0.2, 0) is 23.1 Å². The average molecular weight is 329 g/mol. The van der Waals surface area contributed by atoms with E-state index in [9.17, 15) is 12.8 Å². The summed E-state index contributed by atoms with van der Waals surface area (Å²) in [5.41, 5.74) is 2.95. The molecule has 0 saturated heterocycles. The summed E-state index contributed by atoms with van der Waals surface area (Å²) in [6.45, 7) is 1.94. The van der Waals surface area contributed by atoms with E-state index in [-0.39, 0.29) is 17.0 Å². The molecule has 1 aromatic carbocycles. The van der Waals surface area contributed by atoms with E-state index >= 15 is 0 Å². The number of nitrogens with one attached hydrogen (secondary N) is 2. The van der Waals surface area contributed by atoms with E-state index in [1.54, 1.807) is 17.9 Å². The van der Waals surface area contributed by atoms with Crippen molar-refractivity contribution in [3.05, 3.63) is 45.7 Å². The normalized spacial score (nSPS) is 11.8. The first-order chi connectivity index (χ1) is 9.94. The summed E-state index contributed by atoms with van der Waals surface area (Å²) in [5.74, 6) is -0.531. The molecule has 0 spiro atoms. The van der Waals surface area contributed by atoms with Gasteiger partial charge in [-0.05, 0) is 31.7 Å². The standard InChI is InChI=1S/C13H16FN3O2S2/c1-9-12(14)3-10(5-15-2)4-13(9)21(18,19)17-6-11-7-20-8-16-11/h3-4,7-8,15,17H,5-6H2,1-2H3. The van der Waals surface area contributed by atoms with E-state index in [4.69, 9.17) is 0 Å². The fourth-order valence-corrected chi connectivity index (χ4v) is 3.72. The molecular weight excluding hydrogens is 313 g/mol. The highest BCUT2D eigenvalue weighted by Crippen LogP contribution is 2.21. The number of aromatic nitrogens is 1. The van der Waals surface area contributed by atoms with E-state index in [2.05, 4.69) is 15.0 Å². The zero-order valence-corrected chi connectivity index (χ0v) is 13.3. The summed E-state index contributed by atoms with van der Waals surface area (Å²) in [5, 5.41) is 4.63. The summed E-state index contributed by atoms with van der Waals surface area (Å²) >= 11 is 1.39. The summed E-state index contributed by atoms with van der Waals surface area (Å²) in [6, 6.07) is 2.82. The molecule has 0 aliphatic carbocycles. The van der Waals surface area contributed by atoms with Crippen molar-refractivity contribution >= 4 is 21.4 Å². The molecule has 1 heterocycles. The van der Waals surface area contributed by atoms with Crippen LogP contribution < -0.4 is 10.0 Å². The molecule has 0 unspecified atom stereocenters. The molecule has 0 bridgehead atoms. The van der Waals surface area contributed by atoms with Crippen LogP contribution >= 0.6 is 11.3 Å². The van der Waals surface area contributed by atoms with Crippen LogP contribution in [0.3, 0.4) is 0 Å². The Bertz CT molecular complexity index is 715. The van der Waals surface area contributed by atoms with Crippen LogP contribution in [0.1, 0.15) is 16.8 Å². The molecule has 2 N–H and O–H groups in total. The minimum atomic E-state index is -3.78. The molecular formula is C13H16FN3O2S2. The Morgan fingerprint density at radius 2 is 2.10 bits per heavy atom. The zero-order chi connectivity index (χ0) is 15.5. The lowest BCUT2D eigenvalue weighted by atomic mass is 10.1. The van der Waals surface area contributed by atoms with Gasteiger partial charge in [0.05, 0.1) is 22.6 Å². The second kappa shape index (κ2) is 6.61. The molecule has 8 heteroatoms. The van der Waals surface area contributed by atoms with Crippen LogP contribution in [0.4, 0.5) is 4.39 Å². The molecule has 2 rings (SSSR count). The van der Waals surface area contributed by atoms with Crippen LogP contribution in [0, 0.1) is 12.7 Å². The Morgan fingerprint density at radius 3 is 2.71 bits per heavy atom. The van der Waals surface area contributed by atoms with Gasteiger partial charge in [-0.25, -0.2) is 22.5 Å². The highest BCUT2D eigenvalue weighted by atomic mass is 32.2. The highest BCUT2D eigenvalue weighted by Gasteiger charge is 2.20. The van der Waals surface area contributed by atoms with Crippen molar-refractivity contribution in [1.82, 2.24) is 15.0 Å². The van der Waals surface area contributed by atoms with Crippen molar-refractivity contribution in [2.45, 2.75) is 24.9 Å². The van der Waals surface area contributed by atoms with Gasteiger partial charge in [-0.2, -0.15) is 0 Å². The Labute approximate surface area is 127 Å². The van der Waals surface area contributed by atoms with Gasteiger partial charge in [0, 0.05) is 17.5 Å². The predicted octanol–water partition coefficient (Wildman–Crippen LogP) is 1.79. The second-order valence-electron chi connectivity index (χ2n) is 4.54. The number of halogens is 1. The number of thiazole rings is 1. The summed E-state index contributed by atoms with van der Waals surface area (Å²) in [4.78, 5) is 3.97. The number of rotatable bonds is 6. The largest absolute Gasteiger partial charge is 0.316 e. The van der Waals surface area contributed by atoms with Crippen molar-refractivity contribution in [2.75, 3.05) is 7.05 Å². The van der Waals surface area contributed by atoms with Crippen LogP contribution in [0.25, 0.3) is 0 Å².